The number of benzene rings is 1. The molecule has 1 aromatic heterocycles. The highest BCUT2D eigenvalue weighted by Gasteiger charge is 2.34. The van der Waals surface area contributed by atoms with Gasteiger partial charge in [0.25, 0.3) is 11.8 Å². The van der Waals surface area contributed by atoms with Gasteiger partial charge in [0.1, 0.15) is 12.7 Å². The van der Waals surface area contributed by atoms with Gasteiger partial charge in [-0.1, -0.05) is 0 Å². The minimum absolute atomic E-state index is 0.105. The van der Waals surface area contributed by atoms with Gasteiger partial charge in [0, 0.05) is 11.4 Å². The summed E-state index contributed by atoms with van der Waals surface area (Å²) in [6.45, 7) is 0. The lowest BCUT2D eigenvalue weighted by atomic mass is 9.98. The van der Waals surface area contributed by atoms with Crippen LogP contribution < -0.4 is 16.8 Å². The first-order chi connectivity index (χ1) is 9.09. The standard InChI is InChI=1S/C11H8N6O2/c12-4-1-5(13)7-8(11(19)17-10(7)18)6(4)9-15-2-14-3-16-9/h1-3H,12-13H2,(H,17,18,19). The van der Waals surface area contributed by atoms with Crippen LogP contribution >= 0.6 is 0 Å². The van der Waals surface area contributed by atoms with Crippen molar-refractivity contribution in [2.45, 2.75) is 0 Å². The predicted octanol–water partition coefficient (Wildman–Crippen LogP) is -0.413. The van der Waals surface area contributed by atoms with E-state index in [-0.39, 0.29) is 33.9 Å². The van der Waals surface area contributed by atoms with Crippen LogP contribution in [0.25, 0.3) is 11.4 Å². The summed E-state index contributed by atoms with van der Waals surface area (Å²) in [5.74, 6) is -0.893. The number of carbonyl (C=O) groups excluding carboxylic acids is 2. The molecule has 19 heavy (non-hydrogen) atoms. The topological polar surface area (TPSA) is 137 Å². The van der Waals surface area contributed by atoms with Crippen LogP contribution in [0.3, 0.4) is 0 Å². The van der Waals surface area contributed by atoms with Gasteiger partial charge in [0.15, 0.2) is 5.82 Å². The van der Waals surface area contributed by atoms with E-state index >= 15 is 0 Å². The fourth-order valence-corrected chi connectivity index (χ4v) is 2.03. The highest BCUT2D eigenvalue weighted by Crippen LogP contribution is 2.35. The van der Waals surface area contributed by atoms with E-state index in [9.17, 15) is 9.59 Å². The van der Waals surface area contributed by atoms with Crippen molar-refractivity contribution in [3.8, 4) is 11.4 Å². The molecule has 1 aromatic carbocycles. The normalized spacial score (nSPS) is 13.3. The monoisotopic (exact) mass is 256 g/mol. The van der Waals surface area contributed by atoms with E-state index in [4.69, 9.17) is 11.5 Å². The van der Waals surface area contributed by atoms with E-state index in [1.807, 2.05) is 0 Å². The first-order valence-corrected chi connectivity index (χ1v) is 5.29. The molecule has 0 saturated heterocycles. The highest BCUT2D eigenvalue weighted by atomic mass is 16.2. The van der Waals surface area contributed by atoms with Crippen molar-refractivity contribution in [1.82, 2.24) is 20.3 Å². The molecule has 0 unspecified atom stereocenters. The van der Waals surface area contributed by atoms with Crippen LogP contribution in [0, 0.1) is 0 Å². The second-order valence-corrected chi connectivity index (χ2v) is 3.93. The van der Waals surface area contributed by atoms with Crippen LogP contribution in [0.5, 0.6) is 0 Å². The van der Waals surface area contributed by atoms with Crippen molar-refractivity contribution in [2.75, 3.05) is 11.5 Å². The largest absolute Gasteiger partial charge is 0.398 e. The van der Waals surface area contributed by atoms with Crippen molar-refractivity contribution >= 4 is 23.2 Å². The molecule has 0 atom stereocenters. The number of nitrogen functional groups attached to an aromatic ring is 2. The van der Waals surface area contributed by atoms with Crippen molar-refractivity contribution in [3.05, 3.63) is 29.8 Å². The molecule has 2 aromatic rings. The van der Waals surface area contributed by atoms with Crippen LogP contribution in [0.15, 0.2) is 18.7 Å². The summed E-state index contributed by atoms with van der Waals surface area (Å²) in [4.78, 5) is 35.1. The molecule has 8 nitrogen and oxygen atoms in total. The lowest BCUT2D eigenvalue weighted by Crippen LogP contribution is -2.20. The second-order valence-electron chi connectivity index (χ2n) is 3.93. The van der Waals surface area contributed by atoms with Gasteiger partial charge < -0.3 is 11.5 Å². The smallest absolute Gasteiger partial charge is 0.261 e. The number of aromatic nitrogens is 3. The lowest BCUT2D eigenvalue weighted by Gasteiger charge is -2.09. The maximum absolute atomic E-state index is 11.9. The number of nitrogens with one attached hydrogen (secondary N) is 1. The minimum Gasteiger partial charge on any atom is -0.398 e. The fraction of sp³-hybridized carbons (Fsp3) is 0. The molecule has 8 heteroatoms. The maximum Gasteiger partial charge on any atom is 0.261 e. The number of anilines is 2. The van der Waals surface area contributed by atoms with Gasteiger partial charge >= 0.3 is 0 Å². The molecule has 0 bridgehead atoms. The van der Waals surface area contributed by atoms with Gasteiger partial charge in [-0.2, -0.15) is 0 Å². The van der Waals surface area contributed by atoms with Crippen LogP contribution in [0.4, 0.5) is 11.4 Å². The summed E-state index contributed by atoms with van der Waals surface area (Å²) >= 11 is 0. The van der Waals surface area contributed by atoms with E-state index in [1.165, 1.54) is 18.7 Å². The van der Waals surface area contributed by atoms with Crippen LogP contribution in [0.2, 0.25) is 0 Å². The zero-order valence-corrected chi connectivity index (χ0v) is 9.54. The van der Waals surface area contributed by atoms with Gasteiger partial charge in [0.2, 0.25) is 0 Å². The summed E-state index contributed by atoms with van der Waals surface area (Å²) in [6.07, 6.45) is 2.55. The third kappa shape index (κ3) is 1.50. The Morgan fingerprint density at radius 2 is 1.47 bits per heavy atom. The Kier molecular flexibility index (Phi) is 2.18. The molecule has 94 valence electrons. The number of amides is 2. The fourth-order valence-electron chi connectivity index (χ4n) is 2.03. The molecule has 2 amide bonds. The minimum atomic E-state index is -0.561. The van der Waals surface area contributed by atoms with E-state index < -0.39 is 11.8 Å². The summed E-state index contributed by atoms with van der Waals surface area (Å²) in [6, 6.07) is 1.41. The summed E-state index contributed by atoms with van der Waals surface area (Å²) < 4.78 is 0. The third-order valence-corrected chi connectivity index (χ3v) is 2.79. The average molecular weight is 256 g/mol. The van der Waals surface area contributed by atoms with Crippen LogP contribution in [-0.4, -0.2) is 26.8 Å². The van der Waals surface area contributed by atoms with Gasteiger partial charge in [-0.15, -0.1) is 0 Å². The van der Waals surface area contributed by atoms with Crippen molar-refractivity contribution in [3.63, 3.8) is 0 Å². The van der Waals surface area contributed by atoms with Crippen LogP contribution in [-0.2, 0) is 0 Å². The van der Waals surface area contributed by atoms with E-state index in [0.29, 0.717) is 0 Å². The zero-order chi connectivity index (χ0) is 13.6. The molecule has 0 aliphatic carbocycles. The molecule has 1 aliphatic rings. The first-order valence-electron chi connectivity index (χ1n) is 5.29. The molecule has 0 spiro atoms. The lowest BCUT2D eigenvalue weighted by molar-refractivity contribution is 0.0880. The third-order valence-electron chi connectivity index (χ3n) is 2.79. The van der Waals surface area contributed by atoms with Crippen molar-refractivity contribution < 1.29 is 9.59 Å². The molecule has 1 aliphatic heterocycles. The Hall–Kier alpha value is -3.03. The molecule has 0 saturated carbocycles. The molecule has 3 rings (SSSR count). The number of imide groups is 1. The Labute approximate surface area is 106 Å². The average Bonchev–Trinajstić information content (AvgIpc) is 2.66. The summed E-state index contributed by atoms with van der Waals surface area (Å²) in [7, 11) is 0. The number of nitrogens with two attached hydrogens (primary N) is 2. The molecule has 0 fully saturated rings. The summed E-state index contributed by atoms with van der Waals surface area (Å²) in [5, 5.41) is 2.18. The zero-order valence-electron chi connectivity index (χ0n) is 9.54. The molecule has 0 radical (unpaired) electrons. The van der Waals surface area contributed by atoms with Gasteiger partial charge in [-0.05, 0) is 6.07 Å². The Morgan fingerprint density at radius 3 is 2.16 bits per heavy atom. The molecular formula is C11H8N6O2. The number of fused-ring (bicyclic) bond motifs is 1. The first kappa shape index (κ1) is 11.1. The number of hydrogen-bond donors (Lipinski definition) is 3. The van der Waals surface area contributed by atoms with Crippen LogP contribution in [0.1, 0.15) is 20.7 Å². The highest BCUT2D eigenvalue weighted by molar-refractivity contribution is 6.27. The molecule has 2 heterocycles. The quantitative estimate of drug-likeness (QED) is 0.465. The van der Waals surface area contributed by atoms with Gasteiger partial charge in [-0.25, -0.2) is 15.0 Å². The van der Waals surface area contributed by atoms with E-state index in [0.717, 1.165) is 0 Å². The molecular weight excluding hydrogens is 248 g/mol. The number of carbonyl (C=O) groups is 2. The number of rotatable bonds is 1. The number of nitrogens with zero attached hydrogens (tertiary/aromatic N) is 3. The van der Waals surface area contributed by atoms with Gasteiger partial charge in [-0.3, -0.25) is 14.9 Å². The van der Waals surface area contributed by atoms with Crippen molar-refractivity contribution in [1.29, 1.82) is 0 Å². The van der Waals surface area contributed by atoms with E-state index in [1.54, 1.807) is 0 Å². The van der Waals surface area contributed by atoms with Gasteiger partial charge in [0.05, 0.1) is 16.7 Å². The molecule has 5 N–H and O–H groups in total. The SMILES string of the molecule is Nc1cc(N)c(-c2ncncn2)c2c1C(=O)NC2=O. The van der Waals surface area contributed by atoms with E-state index in [2.05, 4.69) is 20.3 Å². The Balaban J connectivity index is 2.39. The maximum atomic E-state index is 11.9. The predicted molar refractivity (Wildman–Crippen MR) is 65.9 cm³/mol. The van der Waals surface area contributed by atoms with Crippen molar-refractivity contribution in [2.24, 2.45) is 0 Å². The second kappa shape index (κ2) is 3.73. The Bertz CT molecular complexity index is 713. The number of hydrogen-bond acceptors (Lipinski definition) is 7. The Morgan fingerprint density at radius 1 is 0.895 bits per heavy atom. The summed E-state index contributed by atoms with van der Waals surface area (Å²) in [5.41, 5.74) is 12.5.